The van der Waals surface area contributed by atoms with Crippen molar-refractivity contribution in [2.75, 3.05) is 26.2 Å². The number of carbonyl (C=O) groups is 1. The number of carbonyl (C=O) groups excluding carboxylic acids is 1. The highest BCUT2D eigenvalue weighted by Gasteiger charge is 2.30. The normalized spacial score (nSPS) is 24.8. The number of ether oxygens (including phenoxy) is 1. The Morgan fingerprint density at radius 3 is 2.55 bits per heavy atom. The molecule has 0 saturated carbocycles. The zero-order valence-corrected chi connectivity index (χ0v) is 13.1. The van der Waals surface area contributed by atoms with Gasteiger partial charge in [-0.25, -0.2) is 4.79 Å². The molecule has 114 valence electrons. The fourth-order valence-electron chi connectivity index (χ4n) is 2.87. The summed E-state index contributed by atoms with van der Waals surface area (Å²) in [6.45, 7) is 10.00. The quantitative estimate of drug-likeness (QED) is 0.745. The van der Waals surface area contributed by atoms with E-state index in [1.165, 1.54) is 25.9 Å². The molecule has 0 aromatic rings. The van der Waals surface area contributed by atoms with Crippen LogP contribution in [-0.4, -0.2) is 53.7 Å². The zero-order chi connectivity index (χ0) is 14.6. The van der Waals surface area contributed by atoms with E-state index in [1.807, 2.05) is 25.7 Å². The fourth-order valence-corrected chi connectivity index (χ4v) is 2.87. The van der Waals surface area contributed by atoms with Crippen LogP contribution in [0.2, 0.25) is 0 Å². The van der Waals surface area contributed by atoms with Crippen molar-refractivity contribution in [1.82, 2.24) is 9.80 Å². The second kappa shape index (κ2) is 6.61. The maximum absolute atomic E-state index is 12.2. The number of hydrogen-bond donors (Lipinski definition) is 0. The van der Waals surface area contributed by atoms with Crippen molar-refractivity contribution < 1.29 is 9.53 Å². The van der Waals surface area contributed by atoms with Gasteiger partial charge >= 0.3 is 6.09 Å². The molecule has 20 heavy (non-hydrogen) atoms. The molecule has 2 heterocycles. The molecule has 1 atom stereocenters. The van der Waals surface area contributed by atoms with Crippen molar-refractivity contribution in [3.63, 3.8) is 0 Å². The van der Waals surface area contributed by atoms with Crippen LogP contribution in [0.25, 0.3) is 0 Å². The summed E-state index contributed by atoms with van der Waals surface area (Å²) >= 11 is 0. The lowest BCUT2D eigenvalue weighted by Gasteiger charge is -2.27. The van der Waals surface area contributed by atoms with E-state index in [9.17, 15) is 4.79 Å². The van der Waals surface area contributed by atoms with E-state index in [4.69, 9.17) is 4.74 Å². The molecule has 0 spiro atoms. The molecule has 2 rings (SSSR count). The second-order valence-electron chi connectivity index (χ2n) is 6.82. The highest BCUT2D eigenvalue weighted by Crippen LogP contribution is 2.21. The Balaban J connectivity index is 1.83. The van der Waals surface area contributed by atoms with E-state index in [2.05, 4.69) is 17.1 Å². The smallest absolute Gasteiger partial charge is 0.410 e. The van der Waals surface area contributed by atoms with Gasteiger partial charge in [-0.2, -0.15) is 0 Å². The molecule has 0 radical (unpaired) electrons. The van der Waals surface area contributed by atoms with Crippen LogP contribution in [0.5, 0.6) is 0 Å². The van der Waals surface area contributed by atoms with Gasteiger partial charge in [-0.15, -0.1) is 0 Å². The minimum Gasteiger partial charge on any atom is -0.444 e. The molecule has 0 aromatic heterocycles. The summed E-state index contributed by atoms with van der Waals surface area (Å²) in [7, 11) is 0. The maximum atomic E-state index is 12.2. The third kappa shape index (κ3) is 4.51. The number of nitrogens with zero attached hydrogens (tertiary/aromatic N) is 2. The molecule has 0 N–H and O–H groups in total. The molecule has 2 aliphatic rings. The zero-order valence-electron chi connectivity index (χ0n) is 13.1. The van der Waals surface area contributed by atoms with Gasteiger partial charge in [-0.05, 0) is 59.5 Å². The Kier molecular flexibility index (Phi) is 5.08. The van der Waals surface area contributed by atoms with Crippen LogP contribution in [0.4, 0.5) is 4.79 Å². The minimum absolute atomic E-state index is 0.175. The van der Waals surface area contributed by atoms with Gasteiger partial charge in [0.1, 0.15) is 5.60 Å². The van der Waals surface area contributed by atoms with Gasteiger partial charge < -0.3 is 9.64 Å². The van der Waals surface area contributed by atoms with Crippen LogP contribution in [0.3, 0.4) is 0 Å². The van der Waals surface area contributed by atoms with Crippen LogP contribution < -0.4 is 0 Å². The second-order valence-corrected chi connectivity index (χ2v) is 6.82. The number of rotatable bonds is 3. The third-order valence-electron chi connectivity index (χ3n) is 3.85. The molecule has 0 aliphatic carbocycles. The van der Waals surface area contributed by atoms with Crippen LogP contribution >= 0.6 is 0 Å². The van der Waals surface area contributed by atoms with E-state index < -0.39 is 5.60 Å². The third-order valence-corrected chi connectivity index (χ3v) is 3.85. The lowest BCUT2D eigenvalue weighted by Crippen LogP contribution is -2.39. The Morgan fingerprint density at radius 2 is 1.90 bits per heavy atom. The van der Waals surface area contributed by atoms with E-state index >= 15 is 0 Å². The predicted octanol–water partition coefficient (Wildman–Crippen LogP) is 3.04. The first-order valence-electron chi connectivity index (χ1n) is 7.84. The maximum Gasteiger partial charge on any atom is 0.410 e. The van der Waals surface area contributed by atoms with Gasteiger partial charge in [0.15, 0.2) is 0 Å². The van der Waals surface area contributed by atoms with Crippen LogP contribution in [-0.2, 0) is 4.74 Å². The summed E-state index contributed by atoms with van der Waals surface area (Å²) in [5.41, 5.74) is -0.413. The van der Waals surface area contributed by atoms with Crippen LogP contribution in [0.1, 0.15) is 46.5 Å². The molecular formula is C16H28N2O2. The minimum atomic E-state index is -0.413. The van der Waals surface area contributed by atoms with Gasteiger partial charge in [0, 0.05) is 13.1 Å². The van der Waals surface area contributed by atoms with E-state index in [-0.39, 0.29) is 12.1 Å². The summed E-state index contributed by atoms with van der Waals surface area (Å²) in [6, 6.07) is 0.215. The standard InChI is InChI=1S/C16H28N2O2/c1-16(2,3)20-15(19)18-13-7-9-14(18)8-6-12-17-10-4-5-11-17/h6,8,14H,4-5,7,9-13H2,1-3H3/b8-6+/t14-/m0/s1. The predicted molar refractivity (Wildman–Crippen MR) is 80.8 cm³/mol. The van der Waals surface area contributed by atoms with Crippen molar-refractivity contribution in [3.8, 4) is 0 Å². The van der Waals surface area contributed by atoms with Gasteiger partial charge in [0.2, 0.25) is 0 Å². The Morgan fingerprint density at radius 1 is 1.20 bits per heavy atom. The summed E-state index contributed by atoms with van der Waals surface area (Å²) in [5.74, 6) is 0. The molecule has 0 aromatic carbocycles. The van der Waals surface area contributed by atoms with E-state index in [1.54, 1.807) is 0 Å². The van der Waals surface area contributed by atoms with Crippen molar-refractivity contribution in [2.24, 2.45) is 0 Å². The SMILES string of the molecule is CC(C)(C)OC(=O)N1CCC[C@@H]1/C=C/CN1CCCC1. The first-order valence-corrected chi connectivity index (χ1v) is 7.84. The molecule has 0 unspecified atom stereocenters. The molecule has 4 heteroatoms. The highest BCUT2D eigenvalue weighted by molar-refractivity contribution is 5.69. The molecule has 4 nitrogen and oxygen atoms in total. The molecular weight excluding hydrogens is 252 g/mol. The first kappa shape index (κ1) is 15.4. The van der Waals surface area contributed by atoms with Gasteiger partial charge in [-0.1, -0.05) is 12.2 Å². The van der Waals surface area contributed by atoms with Gasteiger partial charge in [0.05, 0.1) is 6.04 Å². The Hall–Kier alpha value is -1.03. The topological polar surface area (TPSA) is 32.8 Å². The molecule has 2 saturated heterocycles. The molecule has 2 aliphatic heterocycles. The van der Waals surface area contributed by atoms with Crippen molar-refractivity contribution in [3.05, 3.63) is 12.2 Å². The number of amides is 1. The van der Waals surface area contributed by atoms with Crippen LogP contribution in [0.15, 0.2) is 12.2 Å². The molecule has 2 fully saturated rings. The number of likely N-dealkylation sites (tertiary alicyclic amines) is 2. The summed E-state index contributed by atoms with van der Waals surface area (Å²) in [5, 5.41) is 0. The summed E-state index contributed by atoms with van der Waals surface area (Å²) in [6.07, 6.45) is 9.00. The van der Waals surface area contributed by atoms with Crippen molar-refractivity contribution in [1.29, 1.82) is 0 Å². The first-order chi connectivity index (χ1) is 9.46. The van der Waals surface area contributed by atoms with E-state index in [0.717, 1.165) is 25.9 Å². The average molecular weight is 280 g/mol. The Bertz CT molecular complexity index is 354. The highest BCUT2D eigenvalue weighted by atomic mass is 16.6. The van der Waals surface area contributed by atoms with Gasteiger partial charge in [0.25, 0.3) is 0 Å². The largest absolute Gasteiger partial charge is 0.444 e. The van der Waals surface area contributed by atoms with Gasteiger partial charge in [-0.3, -0.25) is 4.90 Å². The van der Waals surface area contributed by atoms with E-state index in [0.29, 0.717) is 0 Å². The lowest BCUT2D eigenvalue weighted by atomic mass is 10.2. The van der Waals surface area contributed by atoms with Crippen molar-refractivity contribution in [2.45, 2.75) is 58.1 Å². The van der Waals surface area contributed by atoms with Crippen LogP contribution in [0, 0.1) is 0 Å². The lowest BCUT2D eigenvalue weighted by molar-refractivity contribution is 0.0255. The fraction of sp³-hybridized carbons (Fsp3) is 0.812. The summed E-state index contributed by atoms with van der Waals surface area (Å²) < 4.78 is 5.47. The Labute approximate surface area is 122 Å². The average Bonchev–Trinajstić information content (AvgIpc) is 2.97. The molecule has 1 amide bonds. The summed E-state index contributed by atoms with van der Waals surface area (Å²) in [4.78, 5) is 16.5. The monoisotopic (exact) mass is 280 g/mol. The number of hydrogen-bond acceptors (Lipinski definition) is 3. The molecule has 0 bridgehead atoms. The van der Waals surface area contributed by atoms with Crippen molar-refractivity contribution >= 4 is 6.09 Å².